The lowest BCUT2D eigenvalue weighted by Gasteiger charge is -2.03. The summed E-state index contributed by atoms with van der Waals surface area (Å²) in [7, 11) is 0. The van der Waals surface area contributed by atoms with Gasteiger partial charge in [-0.25, -0.2) is 9.97 Å². The standard InChI is InChI=1S/C9H7F3N4OS2/c1-3-5(4-2-18-7(13)15-4)19-8(14-3)16-6(17)9(10,11)12/h2H,1H3,(H2,13,15)(H,14,16,17). The van der Waals surface area contributed by atoms with Crippen molar-refractivity contribution in [3.8, 4) is 10.6 Å². The number of aryl methyl sites for hydroxylation is 1. The molecule has 0 unspecified atom stereocenters. The van der Waals surface area contributed by atoms with Gasteiger partial charge in [0.05, 0.1) is 16.3 Å². The van der Waals surface area contributed by atoms with Crippen LogP contribution in [0.15, 0.2) is 5.38 Å². The van der Waals surface area contributed by atoms with Gasteiger partial charge in [-0.1, -0.05) is 11.3 Å². The third-order valence-corrected chi connectivity index (χ3v) is 3.80. The second-order valence-corrected chi connectivity index (χ2v) is 5.35. The van der Waals surface area contributed by atoms with E-state index in [4.69, 9.17) is 5.73 Å². The van der Waals surface area contributed by atoms with Crippen molar-refractivity contribution in [2.24, 2.45) is 0 Å². The fraction of sp³-hybridized carbons (Fsp3) is 0.222. The van der Waals surface area contributed by atoms with E-state index in [0.717, 1.165) is 11.3 Å². The Bertz CT molecular complexity index is 619. The zero-order valence-electron chi connectivity index (χ0n) is 9.41. The Labute approximate surface area is 113 Å². The third-order valence-electron chi connectivity index (χ3n) is 2.03. The number of nitrogens with two attached hydrogens (primary N) is 1. The molecule has 0 fully saturated rings. The minimum atomic E-state index is -4.94. The van der Waals surface area contributed by atoms with Gasteiger partial charge in [0.2, 0.25) is 0 Å². The van der Waals surface area contributed by atoms with Crippen molar-refractivity contribution in [3.05, 3.63) is 11.1 Å². The average Bonchev–Trinajstić information content (AvgIpc) is 2.83. The van der Waals surface area contributed by atoms with Crippen LogP contribution in [0.4, 0.5) is 23.4 Å². The number of rotatable bonds is 2. The van der Waals surface area contributed by atoms with Crippen LogP contribution in [0.3, 0.4) is 0 Å². The minimum absolute atomic E-state index is 0.124. The van der Waals surface area contributed by atoms with Gasteiger partial charge in [-0.15, -0.1) is 11.3 Å². The van der Waals surface area contributed by atoms with Crippen molar-refractivity contribution < 1.29 is 18.0 Å². The van der Waals surface area contributed by atoms with Crippen LogP contribution in [0, 0.1) is 6.92 Å². The predicted octanol–water partition coefficient (Wildman–Crippen LogP) is 2.66. The van der Waals surface area contributed by atoms with Crippen molar-refractivity contribution >= 4 is 38.8 Å². The van der Waals surface area contributed by atoms with Crippen LogP contribution in [0.2, 0.25) is 0 Å². The van der Waals surface area contributed by atoms with E-state index in [0.29, 0.717) is 21.4 Å². The Balaban J connectivity index is 2.25. The number of hydrogen-bond acceptors (Lipinski definition) is 6. The van der Waals surface area contributed by atoms with Crippen LogP contribution in [-0.2, 0) is 4.79 Å². The normalized spacial score (nSPS) is 11.6. The highest BCUT2D eigenvalue weighted by atomic mass is 32.1. The fourth-order valence-corrected chi connectivity index (χ4v) is 2.80. The largest absolute Gasteiger partial charge is 0.471 e. The van der Waals surface area contributed by atoms with Gasteiger partial charge in [0.1, 0.15) is 0 Å². The maximum atomic E-state index is 12.1. The molecule has 102 valence electrons. The number of alkyl halides is 3. The van der Waals surface area contributed by atoms with Crippen LogP contribution in [0.5, 0.6) is 0 Å². The Hall–Kier alpha value is -1.68. The van der Waals surface area contributed by atoms with E-state index < -0.39 is 12.1 Å². The molecule has 5 nitrogen and oxygen atoms in total. The summed E-state index contributed by atoms with van der Waals surface area (Å²) >= 11 is 2.13. The van der Waals surface area contributed by atoms with Crippen LogP contribution in [0.1, 0.15) is 5.69 Å². The first kappa shape index (κ1) is 13.7. The molecule has 2 aromatic rings. The molecule has 0 atom stereocenters. The highest BCUT2D eigenvalue weighted by Crippen LogP contribution is 2.34. The van der Waals surface area contributed by atoms with Crippen molar-refractivity contribution in [1.29, 1.82) is 0 Å². The Morgan fingerprint density at radius 3 is 2.63 bits per heavy atom. The molecule has 0 bridgehead atoms. The van der Waals surface area contributed by atoms with Crippen LogP contribution < -0.4 is 11.1 Å². The van der Waals surface area contributed by atoms with E-state index >= 15 is 0 Å². The smallest absolute Gasteiger partial charge is 0.375 e. The number of amides is 1. The number of halogens is 3. The molecule has 3 N–H and O–H groups in total. The summed E-state index contributed by atoms with van der Waals surface area (Å²) in [5, 5.41) is 3.61. The molecular weight excluding hydrogens is 301 g/mol. The maximum Gasteiger partial charge on any atom is 0.471 e. The van der Waals surface area contributed by atoms with Crippen molar-refractivity contribution in [2.75, 3.05) is 11.1 Å². The molecule has 0 saturated carbocycles. The predicted molar refractivity (Wildman–Crippen MR) is 67.1 cm³/mol. The van der Waals surface area contributed by atoms with Gasteiger partial charge in [-0.05, 0) is 6.92 Å². The molecule has 2 rings (SSSR count). The molecule has 1 amide bonds. The van der Waals surface area contributed by atoms with E-state index in [1.54, 1.807) is 17.6 Å². The zero-order valence-corrected chi connectivity index (χ0v) is 11.0. The molecule has 19 heavy (non-hydrogen) atoms. The number of carbonyl (C=O) groups is 1. The highest BCUT2D eigenvalue weighted by Gasteiger charge is 2.39. The summed E-state index contributed by atoms with van der Waals surface area (Å²) in [5.41, 5.74) is 6.50. The summed E-state index contributed by atoms with van der Waals surface area (Å²) in [5.74, 6) is -2.05. The molecule has 0 aliphatic carbocycles. The van der Waals surface area contributed by atoms with Gasteiger partial charge in [0.25, 0.3) is 0 Å². The molecule has 0 aliphatic rings. The summed E-state index contributed by atoms with van der Waals surface area (Å²) in [6, 6.07) is 0. The lowest BCUT2D eigenvalue weighted by Crippen LogP contribution is -2.29. The van der Waals surface area contributed by atoms with Crippen LogP contribution in [-0.4, -0.2) is 22.1 Å². The van der Waals surface area contributed by atoms with Crippen molar-refractivity contribution in [2.45, 2.75) is 13.1 Å². The van der Waals surface area contributed by atoms with Crippen LogP contribution in [0.25, 0.3) is 10.6 Å². The van der Waals surface area contributed by atoms with E-state index in [-0.39, 0.29) is 5.13 Å². The molecule has 0 aliphatic heterocycles. The van der Waals surface area contributed by atoms with Gasteiger partial charge in [0.15, 0.2) is 10.3 Å². The molecule has 2 aromatic heterocycles. The summed E-state index contributed by atoms with van der Waals surface area (Å²) in [4.78, 5) is 19.2. The van der Waals surface area contributed by atoms with Gasteiger partial charge in [0, 0.05) is 5.38 Å². The number of nitrogen functional groups attached to an aromatic ring is 1. The molecule has 0 radical (unpaired) electrons. The number of aromatic nitrogens is 2. The molecule has 0 saturated heterocycles. The summed E-state index contributed by atoms with van der Waals surface area (Å²) in [6.45, 7) is 1.62. The zero-order chi connectivity index (χ0) is 14.2. The number of anilines is 2. The van der Waals surface area contributed by atoms with Gasteiger partial charge < -0.3 is 5.73 Å². The summed E-state index contributed by atoms with van der Waals surface area (Å²) in [6.07, 6.45) is -4.94. The van der Waals surface area contributed by atoms with Crippen molar-refractivity contribution in [1.82, 2.24) is 9.97 Å². The topological polar surface area (TPSA) is 80.9 Å². The number of hydrogen-bond donors (Lipinski definition) is 2. The van der Waals surface area contributed by atoms with E-state index in [1.165, 1.54) is 11.3 Å². The summed E-state index contributed by atoms with van der Waals surface area (Å²) < 4.78 is 36.3. The minimum Gasteiger partial charge on any atom is -0.375 e. The second-order valence-electron chi connectivity index (χ2n) is 3.46. The Kier molecular flexibility index (Phi) is 3.45. The first-order chi connectivity index (χ1) is 8.77. The lowest BCUT2D eigenvalue weighted by molar-refractivity contribution is -0.167. The maximum absolute atomic E-state index is 12.1. The van der Waals surface area contributed by atoms with E-state index in [9.17, 15) is 18.0 Å². The fourth-order valence-electron chi connectivity index (χ4n) is 1.25. The molecule has 2 heterocycles. The van der Waals surface area contributed by atoms with Crippen LogP contribution >= 0.6 is 22.7 Å². The van der Waals surface area contributed by atoms with Gasteiger partial charge >= 0.3 is 12.1 Å². The molecule has 0 spiro atoms. The lowest BCUT2D eigenvalue weighted by atomic mass is 10.3. The van der Waals surface area contributed by atoms with Gasteiger partial charge in [-0.3, -0.25) is 10.1 Å². The van der Waals surface area contributed by atoms with Crippen molar-refractivity contribution in [3.63, 3.8) is 0 Å². The monoisotopic (exact) mass is 308 g/mol. The number of carbonyl (C=O) groups excluding carboxylic acids is 1. The highest BCUT2D eigenvalue weighted by molar-refractivity contribution is 7.19. The SMILES string of the molecule is Cc1nc(NC(=O)C(F)(F)F)sc1-c1csc(N)n1. The number of nitrogens with one attached hydrogen (secondary N) is 1. The molecule has 0 aromatic carbocycles. The average molecular weight is 308 g/mol. The first-order valence-electron chi connectivity index (χ1n) is 4.84. The molecular formula is C9H7F3N4OS2. The van der Waals surface area contributed by atoms with E-state index in [1.807, 2.05) is 0 Å². The first-order valence-corrected chi connectivity index (χ1v) is 6.54. The third kappa shape index (κ3) is 3.01. The van der Waals surface area contributed by atoms with Gasteiger partial charge in [-0.2, -0.15) is 13.2 Å². The Morgan fingerprint density at radius 2 is 2.11 bits per heavy atom. The number of nitrogens with zero attached hydrogens (tertiary/aromatic N) is 2. The number of thiazole rings is 2. The quantitative estimate of drug-likeness (QED) is 0.893. The Morgan fingerprint density at radius 1 is 1.42 bits per heavy atom. The second kappa shape index (κ2) is 4.78. The molecule has 10 heteroatoms. The van der Waals surface area contributed by atoms with E-state index in [2.05, 4.69) is 9.97 Å².